The number of nitrogens with one attached hydrogen (secondary N) is 1. The lowest BCUT2D eigenvalue weighted by molar-refractivity contribution is -0.128. The van der Waals surface area contributed by atoms with E-state index in [1.165, 1.54) is 11.1 Å². The second kappa shape index (κ2) is 6.35. The third kappa shape index (κ3) is 3.41. The fourth-order valence-corrected chi connectivity index (χ4v) is 3.80. The van der Waals surface area contributed by atoms with Crippen LogP contribution in [0.4, 0.5) is 0 Å². The molecule has 3 atom stereocenters. The molecule has 0 fully saturated rings. The van der Waals surface area contributed by atoms with Crippen LogP contribution in [0.3, 0.4) is 0 Å². The summed E-state index contributed by atoms with van der Waals surface area (Å²) < 4.78 is 0. The molecule has 0 radical (unpaired) electrons. The molecule has 0 heterocycles. The molecule has 1 aromatic carbocycles. The van der Waals surface area contributed by atoms with Gasteiger partial charge >= 0.3 is 0 Å². The lowest BCUT2D eigenvalue weighted by atomic mass is 9.66. The molecule has 2 heteroatoms. The van der Waals surface area contributed by atoms with Gasteiger partial charge in [-0.2, -0.15) is 0 Å². The Morgan fingerprint density at radius 2 is 1.91 bits per heavy atom. The van der Waals surface area contributed by atoms with Gasteiger partial charge in [0.05, 0.1) is 0 Å². The molecule has 0 aromatic heterocycles. The summed E-state index contributed by atoms with van der Waals surface area (Å²) in [6.07, 6.45) is 11.2. The van der Waals surface area contributed by atoms with Crippen LogP contribution in [0.2, 0.25) is 0 Å². The van der Waals surface area contributed by atoms with Crippen LogP contribution < -0.4 is 5.32 Å². The maximum atomic E-state index is 12.1. The molecule has 23 heavy (non-hydrogen) atoms. The summed E-state index contributed by atoms with van der Waals surface area (Å²) >= 11 is 0. The van der Waals surface area contributed by atoms with Gasteiger partial charge in [0.1, 0.15) is 0 Å². The lowest BCUT2D eigenvalue weighted by Gasteiger charge is -2.38. The number of rotatable bonds is 3. The molecule has 2 aliphatic carbocycles. The van der Waals surface area contributed by atoms with Crippen LogP contribution in [0.5, 0.6) is 0 Å². The van der Waals surface area contributed by atoms with E-state index in [1.807, 2.05) is 20.8 Å². The van der Waals surface area contributed by atoms with Gasteiger partial charge in [0.15, 0.2) is 0 Å². The topological polar surface area (TPSA) is 29.1 Å². The number of fused-ring (bicyclic) bond motifs is 2. The number of benzene rings is 1. The number of carbonyl (C=O) groups excluding carboxylic acids is 1. The lowest BCUT2D eigenvalue weighted by Crippen LogP contribution is -2.37. The molecule has 2 nitrogen and oxygen atoms in total. The Kier molecular flexibility index (Phi) is 4.43. The molecule has 3 unspecified atom stereocenters. The highest BCUT2D eigenvalue weighted by molar-refractivity contribution is 5.81. The molecule has 2 aliphatic rings. The van der Waals surface area contributed by atoms with Gasteiger partial charge < -0.3 is 5.32 Å². The van der Waals surface area contributed by atoms with E-state index < -0.39 is 0 Å². The van der Waals surface area contributed by atoms with E-state index in [1.54, 1.807) is 0 Å². The Morgan fingerprint density at radius 3 is 2.70 bits per heavy atom. The molecule has 1 amide bonds. The maximum Gasteiger partial charge on any atom is 0.225 e. The van der Waals surface area contributed by atoms with Crippen LogP contribution in [0.1, 0.15) is 44.2 Å². The Labute approximate surface area is 139 Å². The monoisotopic (exact) mass is 309 g/mol. The van der Waals surface area contributed by atoms with Crippen molar-refractivity contribution < 1.29 is 4.79 Å². The molecule has 1 N–H and O–H groups in total. The van der Waals surface area contributed by atoms with E-state index in [0.29, 0.717) is 17.8 Å². The van der Waals surface area contributed by atoms with Crippen molar-refractivity contribution in [3.63, 3.8) is 0 Å². The first-order valence-electron chi connectivity index (χ1n) is 8.68. The molecule has 0 saturated carbocycles. The Hall–Kier alpha value is -1.83. The second-order valence-electron chi connectivity index (χ2n) is 7.82. The maximum absolute atomic E-state index is 12.1. The number of amides is 1. The molecular formula is C21H27NO. The zero-order chi connectivity index (χ0) is 16.4. The fraction of sp³-hybridized carbons (Fsp3) is 0.476. The highest BCUT2D eigenvalue weighted by Gasteiger charge is 2.34. The van der Waals surface area contributed by atoms with E-state index in [0.717, 1.165) is 19.4 Å². The standard InChI is InChI=1S/C21H27NO/c1-21(2,3)20(23)22-13-12-19-17-10-6-4-8-15(17)14-16-9-5-7-11-18(16)19/h4-11,15,17,19H,12-14H2,1-3H3,(H,22,23). The van der Waals surface area contributed by atoms with E-state index in [4.69, 9.17) is 0 Å². The summed E-state index contributed by atoms with van der Waals surface area (Å²) in [5.74, 6) is 1.78. The summed E-state index contributed by atoms with van der Waals surface area (Å²) in [5, 5.41) is 3.12. The highest BCUT2D eigenvalue weighted by Crippen LogP contribution is 2.44. The zero-order valence-electron chi connectivity index (χ0n) is 14.4. The van der Waals surface area contributed by atoms with Gasteiger partial charge in [-0.1, -0.05) is 69.3 Å². The largest absolute Gasteiger partial charge is 0.356 e. The van der Waals surface area contributed by atoms with Crippen LogP contribution in [0.15, 0.2) is 48.6 Å². The van der Waals surface area contributed by atoms with Gasteiger partial charge in [-0.25, -0.2) is 0 Å². The third-order valence-electron chi connectivity index (χ3n) is 5.09. The fourth-order valence-electron chi connectivity index (χ4n) is 3.80. The summed E-state index contributed by atoms with van der Waals surface area (Å²) in [6.45, 7) is 6.63. The van der Waals surface area contributed by atoms with Crippen LogP contribution in [0, 0.1) is 17.3 Å². The van der Waals surface area contributed by atoms with Crippen molar-refractivity contribution in [2.45, 2.75) is 39.5 Å². The van der Waals surface area contributed by atoms with Gasteiger partial charge in [0.2, 0.25) is 5.91 Å². The van der Waals surface area contributed by atoms with Gasteiger partial charge in [-0.05, 0) is 41.7 Å². The van der Waals surface area contributed by atoms with Crippen LogP contribution in [0.25, 0.3) is 0 Å². The van der Waals surface area contributed by atoms with Crippen molar-refractivity contribution >= 4 is 5.91 Å². The van der Waals surface area contributed by atoms with Crippen molar-refractivity contribution in [2.24, 2.45) is 17.3 Å². The molecule has 0 saturated heterocycles. The molecule has 0 aliphatic heterocycles. The smallest absolute Gasteiger partial charge is 0.225 e. The zero-order valence-corrected chi connectivity index (χ0v) is 14.4. The number of allylic oxidation sites excluding steroid dienone is 4. The van der Waals surface area contributed by atoms with Crippen LogP contribution >= 0.6 is 0 Å². The summed E-state index contributed by atoms with van der Waals surface area (Å²) in [4.78, 5) is 12.1. The number of hydrogen-bond donors (Lipinski definition) is 1. The minimum Gasteiger partial charge on any atom is -0.356 e. The molecule has 0 spiro atoms. The van der Waals surface area contributed by atoms with E-state index in [2.05, 4.69) is 53.9 Å². The first-order valence-corrected chi connectivity index (χ1v) is 8.68. The second-order valence-corrected chi connectivity index (χ2v) is 7.82. The first-order chi connectivity index (χ1) is 11.0. The predicted molar refractivity (Wildman–Crippen MR) is 95.2 cm³/mol. The van der Waals surface area contributed by atoms with Crippen molar-refractivity contribution in [1.82, 2.24) is 5.32 Å². The van der Waals surface area contributed by atoms with Crippen LogP contribution in [-0.2, 0) is 11.2 Å². The quantitative estimate of drug-likeness (QED) is 0.889. The van der Waals surface area contributed by atoms with Gasteiger partial charge in [-0.3, -0.25) is 4.79 Å². The van der Waals surface area contributed by atoms with Gasteiger partial charge in [0.25, 0.3) is 0 Å². The molecule has 122 valence electrons. The highest BCUT2D eigenvalue weighted by atomic mass is 16.2. The van der Waals surface area contributed by atoms with Crippen molar-refractivity contribution in [3.05, 3.63) is 59.7 Å². The van der Waals surface area contributed by atoms with E-state index in [9.17, 15) is 4.79 Å². The Bertz CT molecular complexity index is 635. The third-order valence-corrected chi connectivity index (χ3v) is 5.09. The Balaban J connectivity index is 1.75. The van der Waals surface area contributed by atoms with Crippen molar-refractivity contribution in [1.29, 1.82) is 0 Å². The number of hydrogen-bond acceptors (Lipinski definition) is 1. The minimum absolute atomic E-state index is 0.136. The first kappa shape index (κ1) is 16.0. The molecule has 1 aromatic rings. The average Bonchev–Trinajstić information content (AvgIpc) is 2.53. The number of carbonyl (C=O) groups is 1. The average molecular weight is 309 g/mol. The predicted octanol–water partition coefficient (Wildman–Crippen LogP) is 4.24. The molecule has 0 bridgehead atoms. The SMILES string of the molecule is CC(C)(C)C(=O)NCCC1c2ccccc2CC2C=CC=CC21. The van der Waals surface area contributed by atoms with Crippen molar-refractivity contribution in [3.8, 4) is 0 Å². The van der Waals surface area contributed by atoms with Crippen LogP contribution in [-0.4, -0.2) is 12.5 Å². The summed E-state index contributed by atoms with van der Waals surface area (Å²) in [6, 6.07) is 8.81. The summed E-state index contributed by atoms with van der Waals surface area (Å²) in [7, 11) is 0. The summed E-state index contributed by atoms with van der Waals surface area (Å²) in [5.41, 5.74) is 2.63. The normalized spacial score (nSPS) is 25.6. The van der Waals surface area contributed by atoms with Gasteiger partial charge in [0, 0.05) is 12.0 Å². The minimum atomic E-state index is -0.319. The van der Waals surface area contributed by atoms with E-state index >= 15 is 0 Å². The molecule has 3 rings (SSSR count). The van der Waals surface area contributed by atoms with Crippen molar-refractivity contribution in [2.75, 3.05) is 6.54 Å². The Morgan fingerprint density at radius 1 is 1.17 bits per heavy atom. The molecular weight excluding hydrogens is 282 g/mol. The van der Waals surface area contributed by atoms with E-state index in [-0.39, 0.29) is 11.3 Å². The van der Waals surface area contributed by atoms with Gasteiger partial charge in [-0.15, -0.1) is 0 Å².